The van der Waals surface area contributed by atoms with Gasteiger partial charge in [0.1, 0.15) is 12.2 Å². The number of rotatable bonds is 4. The largest absolute Gasteiger partial charge is 0.480 e. The summed E-state index contributed by atoms with van der Waals surface area (Å²) < 4.78 is 12.8. The van der Waals surface area contributed by atoms with Gasteiger partial charge in [-0.1, -0.05) is 6.07 Å². The van der Waals surface area contributed by atoms with Crippen molar-refractivity contribution in [3.63, 3.8) is 0 Å². The van der Waals surface area contributed by atoms with Crippen LogP contribution in [-0.2, 0) is 11.2 Å². The average Bonchev–Trinajstić information content (AvgIpc) is 2.18. The molecule has 0 aliphatic carbocycles. The molecule has 0 bridgehead atoms. The van der Waals surface area contributed by atoms with Crippen LogP contribution in [0.1, 0.15) is 24.4 Å². The molecule has 1 aromatic heterocycles. The highest BCUT2D eigenvalue weighted by Gasteiger charge is 2.13. The number of carbonyl (C=O) groups is 1. The standard InChI is InChI=1S/C10H13FN2O2/c1-6(11)7-2-3-8(13-5-7)4-9(12)10(14)15/h2-3,5-6,9H,4,12H2,1H3,(H,14,15). The topological polar surface area (TPSA) is 76.2 Å². The summed E-state index contributed by atoms with van der Waals surface area (Å²) in [6, 6.07) is 2.21. The number of carboxylic acids is 1. The number of aliphatic carboxylic acids is 1. The Labute approximate surface area is 86.9 Å². The quantitative estimate of drug-likeness (QED) is 0.782. The van der Waals surface area contributed by atoms with Gasteiger partial charge in [0.2, 0.25) is 0 Å². The van der Waals surface area contributed by atoms with Gasteiger partial charge in [0.15, 0.2) is 0 Å². The minimum atomic E-state index is -1.07. The van der Waals surface area contributed by atoms with E-state index in [1.807, 2.05) is 0 Å². The zero-order valence-corrected chi connectivity index (χ0v) is 8.35. The summed E-state index contributed by atoms with van der Waals surface area (Å²) in [5.74, 6) is -1.07. The maximum absolute atomic E-state index is 12.8. The smallest absolute Gasteiger partial charge is 0.320 e. The maximum atomic E-state index is 12.8. The Kier molecular flexibility index (Phi) is 3.74. The SMILES string of the molecule is CC(F)c1ccc(CC(N)C(=O)O)nc1. The van der Waals surface area contributed by atoms with Crippen molar-refractivity contribution >= 4 is 5.97 Å². The van der Waals surface area contributed by atoms with Gasteiger partial charge in [-0.2, -0.15) is 0 Å². The molecule has 0 radical (unpaired) electrons. The lowest BCUT2D eigenvalue weighted by Crippen LogP contribution is -2.32. The first-order chi connectivity index (χ1) is 7.00. The van der Waals surface area contributed by atoms with E-state index in [1.165, 1.54) is 13.1 Å². The molecule has 0 aliphatic heterocycles. The summed E-state index contributed by atoms with van der Waals surface area (Å²) in [6.07, 6.45) is 0.477. The molecule has 2 unspecified atom stereocenters. The molecule has 5 heteroatoms. The van der Waals surface area contributed by atoms with Crippen LogP contribution in [0.15, 0.2) is 18.3 Å². The van der Waals surface area contributed by atoms with E-state index < -0.39 is 18.2 Å². The zero-order chi connectivity index (χ0) is 11.4. The fraction of sp³-hybridized carbons (Fsp3) is 0.400. The predicted molar refractivity (Wildman–Crippen MR) is 53.1 cm³/mol. The van der Waals surface area contributed by atoms with Crippen LogP contribution in [0.25, 0.3) is 0 Å². The van der Waals surface area contributed by atoms with Crippen molar-refractivity contribution in [3.05, 3.63) is 29.6 Å². The van der Waals surface area contributed by atoms with Crippen LogP contribution in [0.4, 0.5) is 4.39 Å². The number of halogens is 1. The lowest BCUT2D eigenvalue weighted by Gasteiger charge is -2.06. The molecule has 1 heterocycles. The summed E-state index contributed by atoms with van der Waals surface area (Å²) in [5.41, 5.74) is 6.36. The first-order valence-corrected chi connectivity index (χ1v) is 4.58. The van der Waals surface area contributed by atoms with Crippen molar-refractivity contribution in [1.29, 1.82) is 0 Å². The van der Waals surface area contributed by atoms with Crippen LogP contribution in [0.3, 0.4) is 0 Å². The Balaban J connectivity index is 2.68. The maximum Gasteiger partial charge on any atom is 0.320 e. The molecule has 1 aromatic rings. The highest BCUT2D eigenvalue weighted by atomic mass is 19.1. The number of hydrogen-bond acceptors (Lipinski definition) is 3. The number of alkyl halides is 1. The lowest BCUT2D eigenvalue weighted by atomic mass is 10.1. The minimum absolute atomic E-state index is 0.149. The number of nitrogens with two attached hydrogens (primary N) is 1. The van der Waals surface area contributed by atoms with E-state index in [4.69, 9.17) is 10.8 Å². The Morgan fingerprint density at radius 3 is 2.73 bits per heavy atom. The highest BCUT2D eigenvalue weighted by molar-refractivity contribution is 5.73. The third-order valence-electron chi connectivity index (χ3n) is 2.05. The van der Waals surface area contributed by atoms with Crippen molar-refractivity contribution in [2.75, 3.05) is 0 Å². The second-order valence-corrected chi connectivity index (χ2v) is 3.35. The predicted octanol–water partition coefficient (Wildman–Crippen LogP) is 1.07. The molecule has 15 heavy (non-hydrogen) atoms. The van der Waals surface area contributed by atoms with Crippen LogP contribution in [0, 0.1) is 0 Å². The Bertz CT molecular complexity index is 338. The molecule has 0 saturated heterocycles. The molecule has 0 aromatic carbocycles. The monoisotopic (exact) mass is 212 g/mol. The molecule has 1 rings (SSSR count). The van der Waals surface area contributed by atoms with Crippen molar-refractivity contribution in [2.24, 2.45) is 5.73 Å². The Morgan fingerprint density at radius 1 is 1.67 bits per heavy atom. The van der Waals surface area contributed by atoms with Gasteiger partial charge >= 0.3 is 5.97 Å². The fourth-order valence-electron chi connectivity index (χ4n) is 1.10. The van der Waals surface area contributed by atoms with Gasteiger partial charge < -0.3 is 10.8 Å². The van der Waals surface area contributed by atoms with Crippen LogP contribution >= 0.6 is 0 Å². The van der Waals surface area contributed by atoms with Gasteiger partial charge in [0.25, 0.3) is 0 Å². The van der Waals surface area contributed by atoms with Crippen molar-refractivity contribution in [2.45, 2.75) is 25.6 Å². The number of nitrogens with zero attached hydrogens (tertiary/aromatic N) is 1. The summed E-state index contributed by atoms with van der Waals surface area (Å²) in [7, 11) is 0. The first-order valence-electron chi connectivity index (χ1n) is 4.58. The van der Waals surface area contributed by atoms with Gasteiger partial charge in [0.05, 0.1) is 0 Å². The Morgan fingerprint density at radius 2 is 2.33 bits per heavy atom. The average molecular weight is 212 g/mol. The van der Waals surface area contributed by atoms with E-state index in [0.717, 1.165) is 0 Å². The highest BCUT2D eigenvalue weighted by Crippen LogP contribution is 2.15. The lowest BCUT2D eigenvalue weighted by molar-refractivity contribution is -0.138. The van der Waals surface area contributed by atoms with Crippen LogP contribution < -0.4 is 5.73 Å². The summed E-state index contributed by atoms with van der Waals surface area (Å²) in [5, 5.41) is 8.57. The fourth-order valence-corrected chi connectivity index (χ4v) is 1.10. The summed E-state index contributed by atoms with van der Waals surface area (Å²) in [6.45, 7) is 1.42. The molecule has 0 amide bonds. The molecule has 82 valence electrons. The molecule has 0 spiro atoms. The third kappa shape index (κ3) is 3.28. The number of carboxylic acid groups (broad SMARTS) is 1. The normalized spacial score (nSPS) is 14.6. The van der Waals surface area contributed by atoms with E-state index in [9.17, 15) is 9.18 Å². The first kappa shape index (κ1) is 11.6. The summed E-state index contributed by atoms with van der Waals surface area (Å²) in [4.78, 5) is 14.4. The van der Waals surface area contributed by atoms with Crippen molar-refractivity contribution in [3.8, 4) is 0 Å². The van der Waals surface area contributed by atoms with E-state index in [-0.39, 0.29) is 6.42 Å². The second kappa shape index (κ2) is 4.84. The number of pyridine rings is 1. The Hall–Kier alpha value is -1.49. The van der Waals surface area contributed by atoms with Gasteiger partial charge in [-0.15, -0.1) is 0 Å². The zero-order valence-electron chi connectivity index (χ0n) is 8.35. The molecule has 0 aliphatic rings. The van der Waals surface area contributed by atoms with E-state index in [2.05, 4.69) is 4.98 Å². The minimum Gasteiger partial charge on any atom is -0.480 e. The molecular weight excluding hydrogens is 199 g/mol. The number of hydrogen-bond donors (Lipinski definition) is 2. The molecule has 3 N–H and O–H groups in total. The van der Waals surface area contributed by atoms with E-state index in [0.29, 0.717) is 11.3 Å². The van der Waals surface area contributed by atoms with Crippen LogP contribution in [0.2, 0.25) is 0 Å². The molecule has 2 atom stereocenters. The van der Waals surface area contributed by atoms with Gasteiger partial charge in [0, 0.05) is 23.9 Å². The third-order valence-corrected chi connectivity index (χ3v) is 2.05. The van der Waals surface area contributed by atoms with Crippen molar-refractivity contribution < 1.29 is 14.3 Å². The van der Waals surface area contributed by atoms with Crippen LogP contribution in [-0.4, -0.2) is 22.1 Å². The van der Waals surface area contributed by atoms with Gasteiger partial charge in [-0.3, -0.25) is 9.78 Å². The van der Waals surface area contributed by atoms with E-state index in [1.54, 1.807) is 12.1 Å². The summed E-state index contributed by atoms with van der Waals surface area (Å²) >= 11 is 0. The number of aromatic nitrogens is 1. The van der Waals surface area contributed by atoms with Crippen LogP contribution in [0.5, 0.6) is 0 Å². The second-order valence-electron chi connectivity index (χ2n) is 3.35. The molecule has 0 fully saturated rings. The van der Waals surface area contributed by atoms with Crippen molar-refractivity contribution in [1.82, 2.24) is 4.98 Å². The van der Waals surface area contributed by atoms with E-state index >= 15 is 0 Å². The van der Waals surface area contributed by atoms with Gasteiger partial charge in [-0.25, -0.2) is 4.39 Å². The van der Waals surface area contributed by atoms with Gasteiger partial charge in [-0.05, 0) is 13.0 Å². The molecule has 4 nitrogen and oxygen atoms in total. The molecular formula is C10H13FN2O2. The molecule has 0 saturated carbocycles.